The van der Waals surface area contributed by atoms with E-state index < -0.39 is 12.0 Å². The topological polar surface area (TPSA) is 66.4 Å². The first-order valence-electron chi connectivity index (χ1n) is 4.73. The van der Waals surface area contributed by atoms with Crippen molar-refractivity contribution in [3.8, 4) is 0 Å². The van der Waals surface area contributed by atoms with Crippen LogP contribution in [0.1, 0.15) is 24.9 Å². The molecule has 0 heterocycles. The van der Waals surface area contributed by atoms with Crippen molar-refractivity contribution in [3.63, 3.8) is 0 Å². The van der Waals surface area contributed by atoms with Crippen LogP contribution in [0.5, 0.6) is 0 Å². The predicted octanol–water partition coefficient (Wildman–Crippen LogP) is 2.10. The summed E-state index contributed by atoms with van der Waals surface area (Å²) >= 11 is 3.29. The van der Waals surface area contributed by atoms with Gasteiger partial charge in [0.25, 0.3) is 0 Å². The fourth-order valence-corrected chi connectivity index (χ4v) is 1.63. The molecule has 2 N–H and O–H groups in total. The number of halogens is 1. The van der Waals surface area contributed by atoms with Crippen molar-refractivity contribution in [2.75, 3.05) is 0 Å². The van der Waals surface area contributed by atoms with Crippen LogP contribution in [-0.2, 0) is 9.59 Å². The summed E-state index contributed by atoms with van der Waals surface area (Å²) in [5.74, 6) is -1.18. The van der Waals surface area contributed by atoms with Crippen molar-refractivity contribution in [1.29, 1.82) is 0 Å². The number of amides is 1. The van der Waals surface area contributed by atoms with Gasteiger partial charge in [-0.05, 0) is 17.7 Å². The number of carbonyl (C=O) groups is 2. The second kappa shape index (κ2) is 5.65. The molecule has 0 aliphatic carbocycles. The molecule has 86 valence electrons. The van der Waals surface area contributed by atoms with E-state index in [1.807, 2.05) is 12.1 Å². The van der Waals surface area contributed by atoms with E-state index in [1.54, 1.807) is 12.1 Å². The zero-order chi connectivity index (χ0) is 12.1. The largest absolute Gasteiger partial charge is 0.481 e. The highest BCUT2D eigenvalue weighted by Crippen LogP contribution is 2.19. The molecule has 1 aromatic carbocycles. The molecule has 0 unspecified atom stereocenters. The number of carbonyl (C=O) groups excluding carboxylic acids is 1. The molecule has 1 amide bonds. The van der Waals surface area contributed by atoms with Crippen LogP contribution in [0.4, 0.5) is 0 Å². The third-order valence-electron chi connectivity index (χ3n) is 2.03. The third kappa shape index (κ3) is 4.02. The number of nitrogens with one attached hydrogen (secondary N) is 1. The summed E-state index contributed by atoms with van der Waals surface area (Å²) in [5.41, 5.74) is 0.779. The highest BCUT2D eigenvalue weighted by molar-refractivity contribution is 9.10. The lowest BCUT2D eigenvalue weighted by Gasteiger charge is -2.16. The maximum atomic E-state index is 11.0. The molecule has 1 atom stereocenters. The van der Waals surface area contributed by atoms with Gasteiger partial charge in [-0.3, -0.25) is 9.59 Å². The van der Waals surface area contributed by atoms with Gasteiger partial charge < -0.3 is 10.4 Å². The van der Waals surface area contributed by atoms with E-state index in [0.29, 0.717) is 0 Å². The molecule has 0 aliphatic heterocycles. The molecule has 1 rings (SSSR count). The number of carboxylic acid groups (broad SMARTS) is 1. The van der Waals surface area contributed by atoms with Gasteiger partial charge in [0, 0.05) is 11.4 Å². The average molecular weight is 286 g/mol. The van der Waals surface area contributed by atoms with E-state index in [9.17, 15) is 9.59 Å². The number of aliphatic carboxylic acids is 1. The first-order valence-corrected chi connectivity index (χ1v) is 5.52. The lowest BCUT2D eigenvalue weighted by molar-refractivity contribution is -0.137. The Kier molecular flexibility index (Phi) is 4.49. The Hall–Kier alpha value is -1.36. The Bertz CT molecular complexity index is 373. The Balaban J connectivity index is 2.86. The van der Waals surface area contributed by atoms with Gasteiger partial charge in [0.05, 0.1) is 12.5 Å². The van der Waals surface area contributed by atoms with E-state index in [1.165, 1.54) is 6.92 Å². The summed E-state index contributed by atoms with van der Waals surface area (Å²) in [5, 5.41) is 11.4. The van der Waals surface area contributed by atoms with Gasteiger partial charge in [-0.15, -0.1) is 0 Å². The van der Waals surface area contributed by atoms with Gasteiger partial charge >= 0.3 is 5.97 Å². The molecule has 0 aromatic heterocycles. The fourth-order valence-electron chi connectivity index (χ4n) is 1.37. The molecular formula is C11H12BrNO3. The molecule has 16 heavy (non-hydrogen) atoms. The van der Waals surface area contributed by atoms with Crippen molar-refractivity contribution in [3.05, 3.63) is 34.3 Å². The summed E-state index contributed by atoms with van der Waals surface area (Å²) in [4.78, 5) is 21.6. The standard InChI is InChI=1S/C11H12BrNO3/c1-7(14)13-10(6-11(15)16)8-2-4-9(12)5-3-8/h2-5,10H,6H2,1H3,(H,13,14)(H,15,16)/t10-/m0/s1. The van der Waals surface area contributed by atoms with Crippen molar-refractivity contribution in [1.82, 2.24) is 5.32 Å². The molecule has 4 nitrogen and oxygen atoms in total. The fraction of sp³-hybridized carbons (Fsp3) is 0.273. The smallest absolute Gasteiger partial charge is 0.305 e. The number of rotatable bonds is 4. The van der Waals surface area contributed by atoms with Crippen molar-refractivity contribution >= 4 is 27.8 Å². The normalized spacial score (nSPS) is 11.9. The summed E-state index contributed by atoms with van der Waals surface area (Å²) in [6, 6.07) is 6.71. The molecular weight excluding hydrogens is 274 g/mol. The number of carboxylic acids is 1. The quantitative estimate of drug-likeness (QED) is 0.890. The Morgan fingerprint density at radius 1 is 1.38 bits per heavy atom. The molecule has 0 saturated carbocycles. The maximum Gasteiger partial charge on any atom is 0.305 e. The van der Waals surface area contributed by atoms with Crippen LogP contribution in [0, 0.1) is 0 Å². The number of hydrogen-bond acceptors (Lipinski definition) is 2. The van der Waals surface area contributed by atoms with Gasteiger partial charge in [0.15, 0.2) is 0 Å². The van der Waals surface area contributed by atoms with Gasteiger partial charge in [-0.2, -0.15) is 0 Å². The van der Waals surface area contributed by atoms with Crippen LogP contribution >= 0.6 is 15.9 Å². The number of benzene rings is 1. The Morgan fingerprint density at radius 2 is 1.94 bits per heavy atom. The minimum atomic E-state index is -0.943. The molecule has 0 bridgehead atoms. The van der Waals surface area contributed by atoms with Crippen molar-refractivity contribution in [2.45, 2.75) is 19.4 Å². The summed E-state index contributed by atoms with van der Waals surface area (Å²) in [7, 11) is 0. The Morgan fingerprint density at radius 3 is 2.38 bits per heavy atom. The highest BCUT2D eigenvalue weighted by atomic mass is 79.9. The monoisotopic (exact) mass is 285 g/mol. The molecule has 0 aliphatic rings. The summed E-state index contributed by atoms with van der Waals surface area (Å²) in [6.07, 6.45) is -0.124. The SMILES string of the molecule is CC(=O)N[C@@H](CC(=O)O)c1ccc(Br)cc1. The van der Waals surface area contributed by atoms with Gasteiger partial charge in [0.2, 0.25) is 5.91 Å². The first kappa shape index (κ1) is 12.7. The van der Waals surface area contributed by atoms with Crippen LogP contribution in [0.25, 0.3) is 0 Å². The molecule has 5 heteroatoms. The second-order valence-corrected chi connectivity index (χ2v) is 4.32. The molecule has 0 spiro atoms. The predicted molar refractivity (Wildman–Crippen MR) is 63.0 cm³/mol. The van der Waals surface area contributed by atoms with E-state index in [4.69, 9.17) is 5.11 Å². The Labute approximate surface area is 102 Å². The van der Waals surface area contributed by atoms with Crippen LogP contribution in [0.2, 0.25) is 0 Å². The van der Waals surface area contributed by atoms with Gasteiger partial charge in [0.1, 0.15) is 0 Å². The lowest BCUT2D eigenvalue weighted by atomic mass is 10.0. The van der Waals surface area contributed by atoms with Gasteiger partial charge in [-0.25, -0.2) is 0 Å². The second-order valence-electron chi connectivity index (χ2n) is 3.40. The zero-order valence-corrected chi connectivity index (χ0v) is 10.3. The summed E-state index contributed by atoms with van der Waals surface area (Å²) in [6.45, 7) is 1.37. The highest BCUT2D eigenvalue weighted by Gasteiger charge is 2.16. The van der Waals surface area contributed by atoms with Gasteiger partial charge in [-0.1, -0.05) is 28.1 Å². The first-order chi connectivity index (χ1) is 7.49. The molecule has 0 fully saturated rings. The van der Waals surface area contributed by atoms with Crippen LogP contribution in [-0.4, -0.2) is 17.0 Å². The third-order valence-corrected chi connectivity index (χ3v) is 2.56. The van der Waals surface area contributed by atoms with E-state index in [-0.39, 0.29) is 12.3 Å². The van der Waals surface area contributed by atoms with E-state index >= 15 is 0 Å². The molecule has 0 radical (unpaired) electrons. The molecule has 1 aromatic rings. The number of hydrogen-bond donors (Lipinski definition) is 2. The minimum absolute atomic E-state index is 0.124. The van der Waals surface area contributed by atoms with E-state index in [0.717, 1.165) is 10.0 Å². The van der Waals surface area contributed by atoms with Crippen LogP contribution in [0.3, 0.4) is 0 Å². The molecule has 0 saturated heterocycles. The van der Waals surface area contributed by atoms with Crippen LogP contribution < -0.4 is 5.32 Å². The minimum Gasteiger partial charge on any atom is -0.481 e. The van der Waals surface area contributed by atoms with Crippen molar-refractivity contribution in [2.24, 2.45) is 0 Å². The van der Waals surface area contributed by atoms with Crippen molar-refractivity contribution < 1.29 is 14.7 Å². The average Bonchev–Trinajstić information content (AvgIpc) is 2.16. The zero-order valence-electron chi connectivity index (χ0n) is 8.74. The van der Waals surface area contributed by atoms with E-state index in [2.05, 4.69) is 21.2 Å². The van der Waals surface area contributed by atoms with Crippen LogP contribution in [0.15, 0.2) is 28.7 Å². The lowest BCUT2D eigenvalue weighted by Crippen LogP contribution is -2.27. The maximum absolute atomic E-state index is 11.0. The summed E-state index contributed by atoms with van der Waals surface area (Å²) < 4.78 is 0.910.